The van der Waals surface area contributed by atoms with Crippen LogP contribution in [0.1, 0.15) is 56.7 Å². The van der Waals surface area contributed by atoms with Crippen molar-refractivity contribution in [2.75, 3.05) is 18.0 Å². The lowest BCUT2D eigenvalue weighted by atomic mass is 10.0. The van der Waals surface area contributed by atoms with Crippen LogP contribution in [-0.4, -0.2) is 13.1 Å². The van der Waals surface area contributed by atoms with E-state index in [1.54, 1.807) is 0 Å². The van der Waals surface area contributed by atoms with Crippen LogP contribution in [0.3, 0.4) is 0 Å². The molecular weight excluding hydrogens is 354 g/mol. The molecule has 0 aliphatic rings. The molecule has 2 rings (SSSR count). The molecule has 0 unspecified atom stereocenters. The van der Waals surface area contributed by atoms with Gasteiger partial charge in [0.2, 0.25) is 0 Å². The summed E-state index contributed by atoms with van der Waals surface area (Å²) in [5.41, 5.74) is 4.92. The maximum Gasteiger partial charge on any atom is 0.0451 e. The Morgan fingerprint density at radius 2 is 1.46 bits per heavy atom. The van der Waals surface area contributed by atoms with Gasteiger partial charge < -0.3 is 4.90 Å². The summed E-state index contributed by atoms with van der Waals surface area (Å²) in [6.07, 6.45) is 4.50. The largest absolute Gasteiger partial charge is 0.371 e. The Kier molecular flexibility index (Phi) is 8.67. The number of hydrogen-bond acceptors (Lipinski definition) is 3. The van der Waals surface area contributed by atoms with Gasteiger partial charge in [0.1, 0.15) is 0 Å². The average molecular weight is 386 g/mol. The second kappa shape index (κ2) is 10.7. The third-order valence-electron chi connectivity index (χ3n) is 4.45. The fourth-order valence-corrected chi connectivity index (χ4v) is 3.82. The number of hydrogen-bond donors (Lipinski definition) is 2. The Morgan fingerprint density at radius 3 is 2.04 bits per heavy atom. The molecule has 3 heteroatoms. The highest BCUT2D eigenvalue weighted by atomic mass is 32.1. The second-order valence-electron chi connectivity index (χ2n) is 6.65. The van der Waals surface area contributed by atoms with E-state index in [1.807, 2.05) is 18.2 Å². The molecule has 0 aliphatic heterocycles. The van der Waals surface area contributed by atoms with Gasteiger partial charge in [-0.05, 0) is 42.5 Å². The SMILES string of the molecule is CCCc1ccc(N(CCC)CCC)c(C(S)=C(S)c2ccccc2)c1. The molecule has 2 aromatic rings. The van der Waals surface area contributed by atoms with Crippen molar-refractivity contribution >= 4 is 40.8 Å². The quantitative estimate of drug-likeness (QED) is 0.349. The highest BCUT2D eigenvalue weighted by molar-refractivity contribution is 7.96. The van der Waals surface area contributed by atoms with Crippen molar-refractivity contribution in [3.8, 4) is 0 Å². The predicted octanol–water partition coefficient (Wildman–Crippen LogP) is 6.95. The summed E-state index contributed by atoms with van der Waals surface area (Å²) in [4.78, 5) is 4.36. The molecule has 0 heterocycles. The van der Waals surface area contributed by atoms with Gasteiger partial charge in [-0.15, -0.1) is 25.3 Å². The predicted molar refractivity (Wildman–Crippen MR) is 124 cm³/mol. The van der Waals surface area contributed by atoms with E-state index in [-0.39, 0.29) is 0 Å². The zero-order valence-corrected chi connectivity index (χ0v) is 18.0. The molecule has 0 aromatic heterocycles. The fraction of sp³-hybridized carbons (Fsp3) is 0.391. The lowest BCUT2D eigenvalue weighted by Gasteiger charge is -2.27. The first-order chi connectivity index (χ1) is 12.6. The van der Waals surface area contributed by atoms with Gasteiger partial charge in [-0.2, -0.15) is 0 Å². The minimum absolute atomic E-state index is 0.928. The first kappa shape index (κ1) is 21.0. The van der Waals surface area contributed by atoms with Crippen molar-refractivity contribution in [1.82, 2.24) is 0 Å². The molecule has 0 bridgehead atoms. The number of anilines is 1. The molecule has 140 valence electrons. The van der Waals surface area contributed by atoms with Gasteiger partial charge in [0.15, 0.2) is 0 Å². The van der Waals surface area contributed by atoms with Gasteiger partial charge in [0, 0.05) is 34.2 Å². The first-order valence-electron chi connectivity index (χ1n) is 9.68. The van der Waals surface area contributed by atoms with E-state index in [0.717, 1.165) is 54.1 Å². The van der Waals surface area contributed by atoms with Gasteiger partial charge >= 0.3 is 0 Å². The monoisotopic (exact) mass is 385 g/mol. The Hall–Kier alpha value is -1.32. The van der Waals surface area contributed by atoms with Crippen molar-refractivity contribution in [2.45, 2.75) is 46.5 Å². The van der Waals surface area contributed by atoms with E-state index in [2.05, 4.69) is 56.0 Å². The topological polar surface area (TPSA) is 3.24 Å². The van der Waals surface area contributed by atoms with Crippen LogP contribution in [0.5, 0.6) is 0 Å². The molecule has 0 saturated carbocycles. The molecular formula is C23H31NS2. The van der Waals surface area contributed by atoms with E-state index < -0.39 is 0 Å². The maximum atomic E-state index is 4.92. The summed E-state index contributed by atoms with van der Waals surface area (Å²) >= 11 is 9.74. The summed E-state index contributed by atoms with van der Waals surface area (Å²) in [5, 5.41) is 0. The maximum absolute atomic E-state index is 4.92. The smallest absolute Gasteiger partial charge is 0.0451 e. The highest BCUT2D eigenvalue weighted by Crippen LogP contribution is 2.37. The molecule has 0 spiro atoms. The molecule has 0 fully saturated rings. The Labute approximate surface area is 170 Å². The normalized spacial score (nSPS) is 12.0. The van der Waals surface area contributed by atoms with Gasteiger partial charge in [-0.1, -0.05) is 63.6 Å². The third kappa shape index (κ3) is 5.34. The van der Waals surface area contributed by atoms with E-state index in [0.29, 0.717) is 0 Å². The number of thiol groups is 2. The first-order valence-corrected chi connectivity index (χ1v) is 10.6. The molecule has 2 aromatic carbocycles. The van der Waals surface area contributed by atoms with Crippen LogP contribution in [0.4, 0.5) is 5.69 Å². The summed E-state index contributed by atoms with van der Waals surface area (Å²) in [7, 11) is 0. The van der Waals surface area contributed by atoms with Crippen molar-refractivity contribution in [2.24, 2.45) is 0 Å². The van der Waals surface area contributed by atoms with Crippen molar-refractivity contribution in [3.05, 3.63) is 65.2 Å². The minimum Gasteiger partial charge on any atom is -0.371 e. The molecule has 0 saturated heterocycles. The van der Waals surface area contributed by atoms with Gasteiger partial charge in [0.25, 0.3) is 0 Å². The van der Waals surface area contributed by atoms with E-state index in [4.69, 9.17) is 25.3 Å². The lowest BCUT2D eigenvalue weighted by molar-refractivity contribution is 0.744. The van der Waals surface area contributed by atoms with Gasteiger partial charge in [-0.25, -0.2) is 0 Å². The second-order valence-corrected chi connectivity index (χ2v) is 7.55. The summed E-state index contributed by atoms with van der Waals surface area (Å²) < 4.78 is 0. The number of rotatable bonds is 9. The summed E-state index contributed by atoms with van der Waals surface area (Å²) in [6, 6.07) is 17.1. The van der Waals surface area contributed by atoms with Gasteiger partial charge in [-0.3, -0.25) is 0 Å². The minimum atomic E-state index is 0.928. The number of aryl methyl sites for hydroxylation is 1. The van der Waals surface area contributed by atoms with Crippen molar-refractivity contribution in [1.29, 1.82) is 0 Å². The van der Waals surface area contributed by atoms with Crippen molar-refractivity contribution < 1.29 is 0 Å². The fourth-order valence-electron chi connectivity index (χ4n) is 3.25. The average Bonchev–Trinajstić information content (AvgIpc) is 2.67. The standard InChI is InChI=1S/C23H31NS2/c1-4-10-18-13-14-21(24(15-5-2)16-6-3)20(17-18)23(26)22(25)19-11-8-7-9-12-19/h7-9,11-14,17,25-26H,4-6,10,15-16H2,1-3H3. The molecule has 26 heavy (non-hydrogen) atoms. The zero-order valence-electron chi connectivity index (χ0n) is 16.2. The lowest BCUT2D eigenvalue weighted by Crippen LogP contribution is -2.25. The van der Waals surface area contributed by atoms with Crippen LogP contribution >= 0.6 is 25.3 Å². The van der Waals surface area contributed by atoms with Crippen LogP contribution in [0.15, 0.2) is 48.5 Å². The number of nitrogens with zero attached hydrogens (tertiary/aromatic N) is 1. The summed E-state index contributed by atoms with van der Waals surface area (Å²) in [6.45, 7) is 8.81. The van der Waals surface area contributed by atoms with E-state index in [9.17, 15) is 0 Å². The highest BCUT2D eigenvalue weighted by Gasteiger charge is 2.15. The Balaban J connectivity index is 2.57. The Bertz CT molecular complexity index is 716. The van der Waals surface area contributed by atoms with Crippen LogP contribution in [0.25, 0.3) is 9.81 Å². The van der Waals surface area contributed by atoms with Crippen LogP contribution < -0.4 is 4.90 Å². The van der Waals surface area contributed by atoms with Crippen LogP contribution in [0.2, 0.25) is 0 Å². The molecule has 0 radical (unpaired) electrons. The molecule has 1 nitrogen and oxygen atoms in total. The van der Waals surface area contributed by atoms with E-state index in [1.165, 1.54) is 16.8 Å². The van der Waals surface area contributed by atoms with Crippen LogP contribution in [-0.2, 0) is 6.42 Å². The summed E-state index contributed by atoms with van der Waals surface area (Å²) in [5.74, 6) is 0. The third-order valence-corrected chi connectivity index (χ3v) is 5.58. The molecule has 0 amide bonds. The Morgan fingerprint density at radius 1 is 0.808 bits per heavy atom. The van der Waals surface area contributed by atoms with Gasteiger partial charge in [0.05, 0.1) is 0 Å². The zero-order chi connectivity index (χ0) is 18.9. The number of benzene rings is 2. The molecule has 0 aliphatic carbocycles. The van der Waals surface area contributed by atoms with Crippen molar-refractivity contribution in [3.63, 3.8) is 0 Å². The van der Waals surface area contributed by atoms with E-state index >= 15 is 0 Å². The molecule has 0 N–H and O–H groups in total. The van der Waals surface area contributed by atoms with Crippen LogP contribution in [0, 0.1) is 0 Å². The molecule has 0 atom stereocenters.